The monoisotopic (exact) mass is 414 g/mol. The molecular formula is C28H46O2. The van der Waals surface area contributed by atoms with Crippen LogP contribution in [0.1, 0.15) is 98.3 Å². The fourth-order valence-electron chi connectivity index (χ4n) is 9.63. The van der Waals surface area contributed by atoms with E-state index in [1.165, 1.54) is 63.5 Å². The molecule has 5 fully saturated rings. The minimum absolute atomic E-state index is 0.299. The van der Waals surface area contributed by atoms with Gasteiger partial charge >= 0.3 is 0 Å². The summed E-state index contributed by atoms with van der Waals surface area (Å²) in [4.78, 5) is 0. The van der Waals surface area contributed by atoms with E-state index in [0.717, 1.165) is 42.4 Å². The van der Waals surface area contributed by atoms with Gasteiger partial charge in [-0.25, -0.2) is 0 Å². The predicted molar refractivity (Wildman–Crippen MR) is 123 cm³/mol. The number of fused-ring (bicyclic) bond motifs is 7. The third-order valence-electron chi connectivity index (χ3n) is 11.3. The second-order valence-electron chi connectivity index (χ2n) is 12.6. The molecule has 4 unspecified atom stereocenters. The molecule has 4 saturated carbocycles. The Morgan fingerprint density at radius 2 is 1.90 bits per heavy atom. The van der Waals surface area contributed by atoms with E-state index in [1.807, 2.05) is 0 Å². The summed E-state index contributed by atoms with van der Waals surface area (Å²) in [6.07, 6.45) is 18.2. The summed E-state index contributed by atoms with van der Waals surface area (Å²) in [5.74, 6) is 6.83. The summed E-state index contributed by atoms with van der Waals surface area (Å²) in [5.41, 5.74) is 1.12. The van der Waals surface area contributed by atoms with Crippen molar-refractivity contribution >= 4 is 0 Å². The molecule has 5 aliphatic rings. The van der Waals surface area contributed by atoms with E-state index in [0.29, 0.717) is 35.4 Å². The molecule has 170 valence electrons. The van der Waals surface area contributed by atoms with Crippen molar-refractivity contribution in [3.63, 3.8) is 0 Å². The molecule has 2 nitrogen and oxygen atoms in total. The highest BCUT2D eigenvalue weighted by Gasteiger charge is 2.65. The Hall–Kier alpha value is -0.500. The number of hydrogen-bond acceptors (Lipinski definition) is 2. The molecular weight excluding hydrogens is 368 g/mol. The first kappa shape index (κ1) is 21.4. The summed E-state index contributed by atoms with van der Waals surface area (Å²) in [5, 5.41) is 9.31. The summed E-state index contributed by atoms with van der Waals surface area (Å²) >= 11 is 0. The van der Waals surface area contributed by atoms with Crippen molar-refractivity contribution in [3.8, 4) is 0 Å². The molecule has 30 heavy (non-hydrogen) atoms. The Morgan fingerprint density at radius 1 is 1.07 bits per heavy atom. The molecule has 1 aliphatic heterocycles. The van der Waals surface area contributed by atoms with Gasteiger partial charge in [-0.15, -0.1) is 0 Å². The maximum Gasteiger partial charge on any atom is 0.103 e. The lowest BCUT2D eigenvalue weighted by atomic mass is 9.44. The Kier molecular flexibility index (Phi) is 5.57. The number of hydrogen-bond donors (Lipinski definition) is 1. The van der Waals surface area contributed by atoms with Crippen LogP contribution in [-0.4, -0.2) is 17.8 Å². The van der Waals surface area contributed by atoms with Crippen molar-refractivity contribution in [2.24, 2.45) is 52.3 Å². The SMILES string of the molecule is CC(CO)CC/C=C1\OC2C[C@H]3[C@@H]4CC[C@@H]5CCCC[C@]5(C)[C@H]4CC[C@]3(C)C2C1C. The molecule has 0 aromatic carbocycles. The number of ether oxygens (including phenoxy) is 1. The first-order valence-corrected chi connectivity index (χ1v) is 13.4. The first-order chi connectivity index (χ1) is 14.4. The predicted octanol–water partition coefficient (Wildman–Crippen LogP) is 6.97. The second kappa shape index (κ2) is 7.82. The van der Waals surface area contributed by atoms with E-state index < -0.39 is 0 Å². The lowest BCUT2D eigenvalue weighted by Gasteiger charge is -2.60. The molecule has 5 rings (SSSR count). The minimum Gasteiger partial charge on any atom is -0.494 e. The van der Waals surface area contributed by atoms with Gasteiger partial charge in [0.25, 0.3) is 0 Å². The largest absolute Gasteiger partial charge is 0.494 e. The van der Waals surface area contributed by atoms with Gasteiger partial charge < -0.3 is 9.84 Å². The van der Waals surface area contributed by atoms with E-state index in [-0.39, 0.29) is 0 Å². The lowest BCUT2D eigenvalue weighted by Crippen LogP contribution is -2.53. The average molecular weight is 415 g/mol. The van der Waals surface area contributed by atoms with Crippen LogP contribution in [0.4, 0.5) is 0 Å². The standard InChI is InChI=1S/C28H46O2/c1-18(17-29)8-7-10-24-19(2)26-25(30-24)16-23-21-12-11-20-9-5-6-14-27(20,3)22(21)13-15-28(23,26)4/h10,18-23,25-26,29H,5-9,11-17H2,1-4H3/b24-10-/t18?,19?,20-,21+,22-,23-,25?,26?,27-,28-/m0/s1. The third-order valence-corrected chi connectivity index (χ3v) is 11.3. The summed E-state index contributed by atoms with van der Waals surface area (Å²) < 4.78 is 6.68. The lowest BCUT2D eigenvalue weighted by molar-refractivity contribution is -0.112. The Balaban J connectivity index is 1.33. The van der Waals surface area contributed by atoms with E-state index in [1.54, 1.807) is 0 Å². The van der Waals surface area contributed by atoms with Gasteiger partial charge in [-0.05, 0) is 104 Å². The fraction of sp³-hybridized carbons (Fsp3) is 0.929. The number of allylic oxidation sites excluding steroid dienone is 2. The third kappa shape index (κ3) is 3.13. The van der Waals surface area contributed by atoms with Gasteiger partial charge in [-0.2, -0.15) is 0 Å². The van der Waals surface area contributed by atoms with Crippen molar-refractivity contribution in [2.75, 3.05) is 6.61 Å². The number of aliphatic hydroxyl groups is 1. The van der Waals surface area contributed by atoms with Crippen LogP contribution < -0.4 is 0 Å². The zero-order valence-electron chi connectivity index (χ0n) is 20.0. The Labute approximate surface area is 185 Å². The van der Waals surface area contributed by atoms with Crippen molar-refractivity contribution in [2.45, 2.75) is 104 Å². The highest BCUT2D eigenvalue weighted by atomic mass is 16.5. The van der Waals surface area contributed by atoms with Crippen LogP contribution in [0.3, 0.4) is 0 Å². The highest BCUT2D eigenvalue weighted by molar-refractivity contribution is 5.19. The quantitative estimate of drug-likeness (QED) is 0.538. The van der Waals surface area contributed by atoms with Crippen LogP contribution in [-0.2, 0) is 4.74 Å². The molecule has 1 N–H and O–H groups in total. The maximum atomic E-state index is 9.31. The normalized spacial score (nSPS) is 52.2. The molecule has 1 saturated heterocycles. The molecule has 0 spiro atoms. The molecule has 0 bridgehead atoms. The number of rotatable bonds is 4. The van der Waals surface area contributed by atoms with Crippen molar-refractivity contribution in [1.29, 1.82) is 0 Å². The average Bonchev–Trinajstić information content (AvgIpc) is 3.21. The van der Waals surface area contributed by atoms with Crippen molar-refractivity contribution in [3.05, 3.63) is 11.8 Å². The minimum atomic E-state index is 0.299. The molecule has 4 aliphatic carbocycles. The van der Waals surface area contributed by atoms with Gasteiger partial charge in [0.05, 0.1) is 5.76 Å². The molecule has 0 amide bonds. The van der Waals surface area contributed by atoms with Crippen LogP contribution in [0.15, 0.2) is 11.8 Å². The van der Waals surface area contributed by atoms with Gasteiger partial charge in [0.2, 0.25) is 0 Å². The molecule has 1 heterocycles. The zero-order chi connectivity index (χ0) is 21.1. The summed E-state index contributed by atoms with van der Waals surface area (Å²) in [7, 11) is 0. The van der Waals surface area contributed by atoms with E-state index >= 15 is 0 Å². The molecule has 0 radical (unpaired) electrons. The molecule has 10 atom stereocenters. The smallest absolute Gasteiger partial charge is 0.103 e. The summed E-state index contributed by atoms with van der Waals surface area (Å²) in [6, 6.07) is 0. The molecule has 2 heteroatoms. The van der Waals surface area contributed by atoms with Crippen LogP contribution >= 0.6 is 0 Å². The number of aliphatic hydroxyl groups excluding tert-OH is 1. The summed E-state index contributed by atoms with van der Waals surface area (Å²) in [6.45, 7) is 10.2. The van der Waals surface area contributed by atoms with E-state index in [2.05, 4.69) is 33.8 Å². The van der Waals surface area contributed by atoms with Gasteiger partial charge in [0.1, 0.15) is 6.10 Å². The van der Waals surface area contributed by atoms with Crippen LogP contribution in [0.2, 0.25) is 0 Å². The second-order valence-corrected chi connectivity index (χ2v) is 12.6. The van der Waals surface area contributed by atoms with Crippen LogP contribution in [0.5, 0.6) is 0 Å². The van der Waals surface area contributed by atoms with Crippen molar-refractivity contribution in [1.82, 2.24) is 0 Å². The molecule has 0 aromatic rings. The fourth-order valence-corrected chi connectivity index (χ4v) is 9.63. The van der Waals surface area contributed by atoms with Gasteiger partial charge in [-0.3, -0.25) is 0 Å². The van der Waals surface area contributed by atoms with Crippen LogP contribution in [0.25, 0.3) is 0 Å². The topological polar surface area (TPSA) is 29.5 Å². The zero-order valence-corrected chi connectivity index (χ0v) is 20.0. The molecule has 0 aromatic heterocycles. The van der Waals surface area contributed by atoms with E-state index in [9.17, 15) is 5.11 Å². The van der Waals surface area contributed by atoms with E-state index in [4.69, 9.17) is 4.74 Å². The van der Waals surface area contributed by atoms with Crippen molar-refractivity contribution < 1.29 is 9.84 Å². The maximum absolute atomic E-state index is 9.31. The van der Waals surface area contributed by atoms with Gasteiger partial charge in [0, 0.05) is 18.4 Å². The van der Waals surface area contributed by atoms with Crippen LogP contribution in [0, 0.1) is 52.3 Å². The Morgan fingerprint density at radius 3 is 2.70 bits per heavy atom. The Bertz CT molecular complexity index is 670. The van der Waals surface area contributed by atoms with Gasteiger partial charge in [0.15, 0.2) is 0 Å². The highest BCUT2D eigenvalue weighted by Crippen LogP contribution is 2.70. The van der Waals surface area contributed by atoms with Gasteiger partial charge in [-0.1, -0.05) is 40.5 Å². The first-order valence-electron chi connectivity index (χ1n) is 13.4.